The maximum Gasteiger partial charge on any atom is 0.0726 e. The number of anilines is 1. The number of hydrogen-bond acceptors (Lipinski definition) is 3. The molecule has 3 heteroatoms. The highest BCUT2D eigenvalue weighted by atomic mass is 15.1. The zero-order valence-electron chi connectivity index (χ0n) is 13.1. The standard InChI is InChI=1S/C18H25N3/c1-19-13-14-12-18(16-10-6-7-11-17(16)20-14)21(2)15-8-4-3-5-9-15/h6-7,10-12,15,19H,3-5,8-9,13H2,1-2H3. The molecule has 21 heavy (non-hydrogen) atoms. The second-order valence-electron chi connectivity index (χ2n) is 6.08. The summed E-state index contributed by atoms with van der Waals surface area (Å²) >= 11 is 0. The lowest BCUT2D eigenvalue weighted by molar-refractivity contribution is 0.428. The minimum Gasteiger partial charge on any atom is -0.371 e. The van der Waals surface area contributed by atoms with Crippen molar-refractivity contribution in [2.24, 2.45) is 0 Å². The normalized spacial score (nSPS) is 16.3. The zero-order chi connectivity index (χ0) is 14.7. The lowest BCUT2D eigenvalue weighted by Gasteiger charge is -2.34. The Labute approximate surface area is 127 Å². The number of nitrogens with one attached hydrogen (secondary N) is 1. The van der Waals surface area contributed by atoms with E-state index in [1.54, 1.807) is 0 Å². The van der Waals surface area contributed by atoms with Crippen LogP contribution in [0, 0.1) is 0 Å². The maximum absolute atomic E-state index is 4.76. The van der Waals surface area contributed by atoms with E-state index in [4.69, 9.17) is 4.98 Å². The van der Waals surface area contributed by atoms with Crippen molar-refractivity contribution >= 4 is 16.6 Å². The van der Waals surface area contributed by atoms with Gasteiger partial charge in [0, 0.05) is 30.7 Å². The Bertz CT molecular complexity index is 602. The molecule has 1 aromatic carbocycles. The van der Waals surface area contributed by atoms with E-state index >= 15 is 0 Å². The molecule has 0 atom stereocenters. The molecule has 0 unspecified atom stereocenters. The van der Waals surface area contributed by atoms with Crippen LogP contribution in [0.3, 0.4) is 0 Å². The zero-order valence-corrected chi connectivity index (χ0v) is 13.1. The summed E-state index contributed by atoms with van der Waals surface area (Å²) < 4.78 is 0. The van der Waals surface area contributed by atoms with Crippen molar-refractivity contribution in [1.82, 2.24) is 10.3 Å². The summed E-state index contributed by atoms with van der Waals surface area (Å²) in [7, 11) is 4.22. The van der Waals surface area contributed by atoms with Crippen LogP contribution in [-0.2, 0) is 6.54 Å². The van der Waals surface area contributed by atoms with E-state index in [-0.39, 0.29) is 0 Å². The summed E-state index contributed by atoms with van der Waals surface area (Å²) in [5, 5.41) is 4.48. The molecule has 1 aromatic heterocycles. The Hall–Kier alpha value is -1.61. The topological polar surface area (TPSA) is 28.2 Å². The van der Waals surface area contributed by atoms with E-state index in [0.717, 1.165) is 17.8 Å². The highest BCUT2D eigenvalue weighted by Crippen LogP contribution is 2.31. The molecular weight excluding hydrogens is 258 g/mol. The van der Waals surface area contributed by atoms with Gasteiger partial charge in [-0.2, -0.15) is 0 Å². The summed E-state index contributed by atoms with van der Waals surface area (Å²) in [5.41, 5.74) is 3.55. The third-order valence-corrected chi connectivity index (χ3v) is 4.61. The lowest BCUT2D eigenvalue weighted by Crippen LogP contribution is -2.33. The van der Waals surface area contributed by atoms with E-state index in [9.17, 15) is 0 Å². The van der Waals surface area contributed by atoms with Gasteiger partial charge in [0.15, 0.2) is 0 Å². The highest BCUT2D eigenvalue weighted by molar-refractivity contribution is 5.92. The average Bonchev–Trinajstić information content (AvgIpc) is 2.54. The van der Waals surface area contributed by atoms with Gasteiger partial charge in [-0.05, 0) is 32.0 Å². The quantitative estimate of drug-likeness (QED) is 0.927. The van der Waals surface area contributed by atoms with E-state index in [2.05, 4.69) is 47.6 Å². The van der Waals surface area contributed by atoms with Crippen LogP contribution >= 0.6 is 0 Å². The summed E-state index contributed by atoms with van der Waals surface area (Å²) in [5.74, 6) is 0. The van der Waals surface area contributed by atoms with Crippen molar-refractivity contribution in [3.8, 4) is 0 Å². The van der Waals surface area contributed by atoms with Crippen LogP contribution in [0.15, 0.2) is 30.3 Å². The van der Waals surface area contributed by atoms with Crippen molar-refractivity contribution in [3.05, 3.63) is 36.0 Å². The van der Waals surface area contributed by atoms with Crippen molar-refractivity contribution in [2.45, 2.75) is 44.7 Å². The Morgan fingerprint density at radius 1 is 1.19 bits per heavy atom. The maximum atomic E-state index is 4.76. The molecule has 0 bridgehead atoms. The fourth-order valence-corrected chi connectivity index (χ4v) is 3.44. The summed E-state index contributed by atoms with van der Waals surface area (Å²) in [6, 6.07) is 11.4. The first-order valence-electron chi connectivity index (χ1n) is 8.05. The molecule has 1 N–H and O–H groups in total. The lowest BCUT2D eigenvalue weighted by atomic mass is 9.94. The second-order valence-corrected chi connectivity index (χ2v) is 6.08. The second kappa shape index (κ2) is 6.44. The number of pyridine rings is 1. The molecular formula is C18H25N3. The average molecular weight is 283 g/mol. The predicted molar refractivity (Wildman–Crippen MR) is 89.8 cm³/mol. The third kappa shape index (κ3) is 3.03. The Morgan fingerprint density at radius 3 is 2.71 bits per heavy atom. The van der Waals surface area contributed by atoms with Gasteiger partial charge in [-0.1, -0.05) is 37.5 Å². The van der Waals surface area contributed by atoms with Gasteiger partial charge < -0.3 is 10.2 Å². The molecule has 0 amide bonds. The van der Waals surface area contributed by atoms with Crippen LogP contribution in [0.1, 0.15) is 37.8 Å². The number of para-hydroxylation sites is 1. The number of hydrogen-bond donors (Lipinski definition) is 1. The number of fused-ring (bicyclic) bond motifs is 1. The van der Waals surface area contributed by atoms with Crippen LogP contribution in [0.25, 0.3) is 10.9 Å². The molecule has 112 valence electrons. The van der Waals surface area contributed by atoms with Gasteiger partial charge in [0.2, 0.25) is 0 Å². The molecule has 0 radical (unpaired) electrons. The molecule has 0 aliphatic heterocycles. The van der Waals surface area contributed by atoms with Crippen LogP contribution in [-0.4, -0.2) is 25.1 Å². The summed E-state index contributed by atoms with van der Waals surface area (Å²) in [6.45, 7) is 0.816. The smallest absolute Gasteiger partial charge is 0.0726 e. The van der Waals surface area contributed by atoms with Crippen LogP contribution in [0.2, 0.25) is 0 Å². The van der Waals surface area contributed by atoms with Crippen molar-refractivity contribution in [1.29, 1.82) is 0 Å². The molecule has 3 rings (SSSR count). The fourth-order valence-electron chi connectivity index (χ4n) is 3.44. The van der Waals surface area contributed by atoms with Gasteiger partial charge in [-0.25, -0.2) is 0 Å². The van der Waals surface area contributed by atoms with E-state index in [0.29, 0.717) is 6.04 Å². The van der Waals surface area contributed by atoms with Gasteiger partial charge >= 0.3 is 0 Å². The SMILES string of the molecule is CNCc1cc(N(C)C2CCCCC2)c2ccccc2n1. The molecule has 1 fully saturated rings. The molecule has 0 saturated heterocycles. The molecule has 1 aliphatic rings. The van der Waals surface area contributed by atoms with Crippen LogP contribution < -0.4 is 10.2 Å². The minimum absolute atomic E-state index is 0.673. The first kappa shape index (κ1) is 14.3. The first-order chi connectivity index (χ1) is 10.3. The fraction of sp³-hybridized carbons (Fsp3) is 0.500. The van der Waals surface area contributed by atoms with E-state index in [1.165, 1.54) is 43.2 Å². The molecule has 1 saturated carbocycles. The molecule has 2 aromatic rings. The molecule has 3 nitrogen and oxygen atoms in total. The first-order valence-corrected chi connectivity index (χ1v) is 8.05. The Morgan fingerprint density at radius 2 is 1.95 bits per heavy atom. The van der Waals surface area contributed by atoms with E-state index < -0.39 is 0 Å². The Balaban J connectivity index is 2.01. The predicted octanol–water partition coefficient (Wildman–Crippen LogP) is 3.72. The van der Waals surface area contributed by atoms with Gasteiger partial charge in [0.1, 0.15) is 0 Å². The van der Waals surface area contributed by atoms with Gasteiger partial charge in [-0.3, -0.25) is 4.98 Å². The van der Waals surface area contributed by atoms with Crippen LogP contribution in [0.4, 0.5) is 5.69 Å². The van der Waals surface area contributed by atoms with Crippen molar-refractivity contribution in [3.63, 3.8) is 0 Å². The third-order valence-electron chi connectivity index (χ3n) is 4.61. The van der Waals surface area contributed by atoms with E-state index in [1.807, 2.05) is 7.05 Å². The number of aromatic nitrogens is 1. The largest absolute Gasteiger partial charge is 0.371 e. The molecule has 1 aliphatic carbocycles. The number of rotatable bonds is 4. The summed E-state index contributed by atoms with van der Waals surface area (Å²) in [6.07, 6.45) is 6.75. The van der Waals surface area contributed by atoms with Crippen molar-refractivity contribution < 1.29 is 0 Å². The molecule has 0 spiro atoms. The van der Waals surface area contributed by atoms with Gasteiger partial charge in [0.25, 0.3) is 0 Å². The number of benzene rings is 1. The summed E-state index contributed by atoms with van der Waals surface area (Å²) in [4.78, 5) is 7.25. The Kier molecular flexibility index (Phi) is 4.39. The monoisotopic (exact) mass is 283 g/mol. The minimum atomic E-state index is 0.673. The van der Waals surface area contributed by atoms with Crippen molar-refractivity contribution in [2.75, 3.05) is 19.0 Å². The number of nitrogens with zero attached hydrogens (tertiary/aromatic N) is 2. The van der Waals surface area contributed by atoms with Gasteiger partial charge in [0.05, 0.1) is 11.2 Å². The highest BCUT2D eigenvalue weighted by Gasteiger charge is 2.20. The van der Waals surface area contributed by atoms with Crippen LogP contribution in [0.5, 0.6) is 0 Å². The van der Waals surface area contributed by atoms with Gasteiger partial charge in [-0.15, -0.1) is 0 Å². The molecule has 1 heterocycles.